The van der Waals surface area contributed by atoms with E-state index in [-0.39, 0.29) is 0 Å². The van der Waals surface area contributed by atoms with Crippen LogP contribution in [0.2, 0.25) is 0 Å². The monoisotopic (exact) mass is 331 g/mol. The van der Waals surface area contributed by atoms with E-state index in [1.807, 2.05) is 32.1 Å². The zero-order valence-corrected chi connectivity index (χ0v) is 15.1. The van der Waals surface area contributed by atoms with E-state index in [9.17, 15) is 0 Å². The van der Waals surface area contributed by atoms with Gasteiger partial charge in [-0.25, -0.2) is 4.98 Å². The number of anilines is 1. The fourth-order valence-corrected chi connectivity index (χ4v) is 3.64. The van der Waals surface area contributed by atoms with Crippen LogP contribution in [0.1, 0.15) is 25.0 Å². The highest BCUT2D eigenvalue weighted by atomic mass is 16.5. The summed E-state index contributed by atoms with van der Waals surface area (Å²) in [4.78, 5) is 13.6. The van der Waals surface area contributed by atoms with Gasteiger partial charge in [0, 0.05) is 47.4 Å². The zero-order valence-electron chi connectivity index (χ0n) is 15.1. The molecule has 2 fully saturated rings. The third-order valence-corrected chi connectivity index (χ3v) is 5.18. The molecule has 1 spiro atoms. The molecular weight excluding hydrogens is 302 g/mol. The Labute approximate surface area is 144 Å². The highest BCUT2D eigenvalue weighted by Gasteiger charge is 2.40. The number of hydrogen-bond donors (Lipinski definition) is 1. The summed E-state index contributed by atoms with van der Waals surface area (Å²) >= 11 is 0. The fraction of sp³-hybridized carbons (Fsp3) is 0.667. The SMILES string of the molecule is CN=C(NCc1cccc(N(C)C)n1)N1CCC2(CCOCC2)C1. The molecule has 0 amide bonds. The third-order valence-electron chi connectivity index (χ3n) is 5.18. The minimum atomic E-state index is 0.430. The molecule has 0 aromatic carbocycles. The zero-order chi connectivity index (χ0) is 17.0. The molecule has 2 aliphatic heterocycles. The summed E-state index contributed by atoms with van der Waals surface area (Å²) in [5.74, 6) is 1.96. The summed E-state index contributed by atoms with van der Waals surface area (Å²) in [6, 6.07) is 6.12. The van der Waals surface area contributed by atoms with Gasteiger partial charge in [-0.3, -0.25) is 4.99 Å². The van der Waals surface area contributed by atoms with E-state index in [4.69, 9.17) is 4.74 Å². The standard InChI is InChI=1S/C18H29N5O/c1-19-17(20-13-15-5-4-6-16(21-15)22(2)3)23-10-7-18(14-23)8-11-24-12-9-18/h4-6H,7-14H2,1-3H3,(H,19,20). The Morgan fingerprint density at radius 2 is 2.12 bits per heavy atom. The van der Waals surface area contributed by atoms with Crippen molar-refractivity contribution in [2.24, 2.45) is 10.4 Å². The number of ether oxygens (including phenoxy) is 1. The smallest absolute Gasteiger partial charge is 0.193 e. The molecule has 24 heavy (non-hydrogen) atoms. The summed E-state index contributed by atoms with van der Waals surface area (Å²) in [5.41, 5.74) is 1.46. The van der Waals surface area contributed by atoms with Crippen LogP contribution in [-0.4, -0.2) is 63.3 Å². The summed E-state index contributed by atoms with van der Waals surface area (Å²) in [5, 5.41) is 3.48. The lowest BCUT2D eigenvalue weighted by Gasteiger charge is -2.33. The van der Waals surface area contributed by atoms with Gasteiger partial charge in [0.25, 0.3) is 0 Å². The summed E-state index contributed by atoms with van der Waals surface area (Å²) in [6.07, 6.45) is 3.59. The maximum absolute atomic E-state index is 5.54. The van der Waals surface area contributed by atoms with Crippen molar-refractivity contribution in [3.63, 3.8) is 0 Å². The Bertz CT molecular complexity index is 581. The Balaban J connectivity index is 1.59. The first-order chi connectivity index (χ1) is 11.6. The van der Waals surface area contributed by atoms with Crippen molar-refractivity contribution in [2.45, 2.75) is 25.8 Å². The topological polar surface area (TPSA) is 53.0 Å². The quantitative estimate of drug-likeness (QED) is 0.675. The molecule has 0 atom stereocenters. The van der Waals surface area contributed by atoms with Crippen molar-refractivity contribution in [1.29, 1.82) is 0 Å². The van der Waals surface area contributed by atoms with Crippen molar-refractivity contribution < 1.29 is 4.74 Å². The van der Waals surface area contributed by atoms with Gasteiger partial charge in [-0.1, -0.05) is 6.07 Å². The molecule has 3 rings (SSSR count). The predicted octanol–water partition coefficient (Wildman–Crippen LogP) is 1.73. The highest BCUT2D eigenvalue weighted by molar-refractivity contribution is 5.80. The maximum atomic E-state index is 5.54. The summed E-state index contributed by atoms with van der Waals surface area (Å²) in [7, 11) is 5.88. The van der Waals surface area contributed by atoms with E-state index in [0.717, 1.165) is 43.8 Å². The molecule has 6 nitrogen and oxygen atoms in total. The first-order valence-corrected chi connectivity index (χ1v) is 8.78. The molecule has 132 valence electrons. The van der Waals surface area contributed by atoms with Crippen LogP contribution in [0.5, 0.6) is 0 Å². The molecule has 0 bridgehead atoms. The van der Waals surface area contributed by atoms with Gasteiger partial charge in [0.1, 0.15) is 5.82 Å². The molecule has 1 N–H and O–H groups in total. The number of pyridine rings is 1. The first-order valence-electron chi connectivity index (χ1n) is 8.78. The minimum absolute atomic E-state index is 0.430. The van der Waals surface area contributed by atoms with Gasteiger partial charge >= 0.3 is 0 Å². The van der Waals surface area contributed by atoms with Crippen LogP contribution in [-0.2, 0) is 11.3 Å². The molecule has 2 saturated heterocycles. The lowest BCUT2D eigenvalue weighted by Crippen LogP contribution is -2.42. The van der Waals surface area contributed by atoms with Gasteiger partial charge in [0.05, 0.1) is 12.2 Å². The van der Waals surface area contributed by atoms with Crippen molar-refractivity contribution in [1.82, 2.24) is 15.2 Å². The van der Waals surface area contributed by atoms with E-state index >= 15 is 0 Å². The molecule has 0 radical (unpaired) electrons. The van der Waals surface area contributed by atoms with Gasteiger partial charge in [-0.2, -0.15) is 0 Å². The Morgan fingerprint density at radius 3 is 2.83 bits per heavy atom. The number of hydrogen-bond acceptors (Lipinski definition) is 4. The van der Waals surface area contributed by atoms with Gasteiger partial charge < -0.3 is 19.9 Å². The fourth-order valence-electron chi connectivity index (χ4n) is 3.64. The number of nitrogens with one attached hydrogen (secondary N) is 1. The molecule has 0 unspecified atom stereocenters. The lowest BCUT2D eigenvalue weighted by molar-refractivity contribution is 0.0217. The largest absolute Gasteiger partial charge is 0.381 e. The van der Waals surface area contributed by atoms with E-state index in [1.165, 1.54) is 19.3 Å². The van der Waals surface area contributed by atoms with Crippen LogP contribution in [0.15, 0.2) is 23.2 Å². The molecule has 1 aromatic rings. The number of aromatic nitrogens is 1. The number of likely N-dealkylation sites (tertiary alicyclic amines) is 1. The van der Waals surface area contributed by atoms with Gasteiger partial charge in [0.2, 0.25) is 0 Å². The lowest BCUT2D eigenvalue weighted by atomic mass is 9.80. The highest BCUT2D eigenvalue weighted by Crippen LogP contribution is 2.39. The number of nitrogens with zero attached hydrogens (tertiary/aromatic N) is 4. The number of guanidine groups is 1. The van der Waals surface area contributed by atoms with Crippen molar-refractivity contribution in [2.75, 3.05) is 52.3 Å². The second-order valence-electron chi connectivity index (χ2n) is 7.07. The molecule has 2 aliphatic rings. The van der Waals surface area contributed by atoms with Crippen molar-refractivity contribution in [3.8, 4) is 0 Å². The molecule has 0 aliphatic carbocycles. The van der Waals surface area contributed by atoms with E-state index < -0.39 is 0 Å². The Hall–Kier alpha value is -1.82. The van der Waals surface area contributed by atoms with Gasteiger partial charge in [-0.15, -0.1) is 0 Å². The normalized spacial score (nSPS) is 20.5. The third kappa shape index (κ3) is 3.80. The molecule has 6 heteroatoms. The Kier molecular flexibility index (Phi) is 5.23. The second-order valence-corrected chi connectivity index (χ2v) is 7.07. The van der Waals surface area contributed by atoms with Crippen LogP contribution in [0.4, 0.5) is 5.82 Å². The van der Waals surface area contributed by atoms with Crippen LogP contribution in [0.25, 0.3) is 0 Å². The van der Waals surface area contributed by atoms with Crippen molar-refractivity contribution in [3.05, 3.63) is 23.9 Å². The number of rotatable bonds is 3. The minimum Gasteiger partial charge on any atom is -0.381 e. The van der Waals surface area contributed by atoms with E-state index in [1.54, 1.807) is 0 Å². The molecule has 0 saturated carbocycles. The predicted molar refractivity (Wildman–Crippen MR) is 97.4 cm³/mol. The van der Waals surface area contributed by atoms with Crippen LogP contribution < -0.4 is 10.2 Å². The first kappa shape index (κ1) is 17.0. The maximum Gasteiger partial charge on any atom is 0.193 e. The van der Waals surface area contributed by atoms with Crippen LogP contribution in [0, 0.1) is 5.41 Å². The van der Waals surface area contributed by atoms with Crippen molar-refractivity contribution >= 4 is 11.8 Å². The summed E-state index contributed by atoms with van der Waals surface area (Å²) in [6.45, 7) is 4.66. The molecular formula is C18H29N5O. The van der Waals surface area contributed by atoms with Crippen LogP contribution in [0.3, 0.4) is 0 Å². The van der Waals surface area contributed by atoms with E-state index in [0.29, 0.717) is 12.0 Å². The van der Waals surface area contributed by atoms with Crippen LogP contribution >= 0.6 is 0 Å². The number of aliphatic imine (C=N–C) groups is 1. The van der Waals surface area contributed by atoms with Gasteiger partial charge in [-0.05, 0) is 36.8 Å². The average Bonchev–Trinajstić information content (AvgIpc) is 2.99. The summed E-state index contributed by atoms with van der Waals surface area (Å²) < 4.78 is 5.54. The molecule has 1 aromatic heterocycles. The van der Waals surface area contributed by atoms with Gasteiger partial charge in [0.15, 0.2) is 5.96 Å². The van der Waals surface area contributed by atoms with E-state index in [2.05, 4.69) is 32.3 Å². The average molecular weight is 331 g/mol. The second kappa shape index (κ2) is 7.38. The Morgan fingerprint density at radius 1 is 1.33 bits per heavy atom. The molecule has 3 heterocycles.